The number of carbonyl (C=O) groups is 1. The molecule has 7 nitrogen and oxygen atoms in total. The van der Waals surface area contributed by atoms with E-state index in [1.807, 2.05) is 71.3 Å². The van der Waals surface area contributed by atoms with Crippen molar-refractivity contribution < 1.29 is 9.53 Å². The molecule has 1 aromatic heterocycles. The van der Waals surface area contributed by atoms with Gasteiger partial charge in [-0.25, -0.2) is 0 Å². The maximum absolute atomic E-state index is 12.6. The Morgan fingerprint density at radius 1 is 0.970 bits per heavy atom. The minimum Gasteiger partial charge on any atom is -0.495 e. The molecular formula is C24H22ClN5O2S. The lowest BCUT2D eigenvalue weighted by Crippen LogP contribution is -2.15. The fraction of sp³-hybridized carbons (Fsp3) is 0.125. The van der Waals surface area contributed by atoms with Crippen molar-refractivity contribution in [3.8, 4) is 11.4 Å². The van der Waals surface area contributed by atoms with E-state index in [0.717, 1.165) is 11.4 Å². The number of anilines is 2. The molecule has 0 bridgehead atoms. The van der Waals surface area contributed by atoms with Gasteiger partial charge >= 0.3 is 0 Å². The Labute approximate surface area is 201 Å². The molecule has 0 aliphatic rings. The molecule has 0 radical (unpaired) electrons. The number of benzene rings is 3. The molecule has 0 saturated heterocycles. The van der Waals surface area contributed by atoms with Gasteiger partial charge in [-0.3, -0.25) is 9.36 Å². The van der Waals surface area contributed by atoms with Crippen LogP contribution in [0.15, 0.2) is 84.0 Å². The zero-order valence-electron chi connectivity index (χ0n) is 17.9. The number of hydrogen-bond donors (Lipinski definition) is 2. The second-order valence-electron chi connectivity index (χ2n) is 6.94. The number of carbonyl (C=O) groups excluding carboxylic acids is 1. The largest absolute Gasteiger partial charge is 0.495 e. The first-order valence-corrected chi connectivity index (χ1v) is 11.6. The number of rotatable bonds is 9. The first-order chi connectivity index (χ1) is 16.2. The number of para-hydroxylation sites is 4. The van der Waals surface area contributed by atoms with E-state index < -0.39 is 0 Å². The number of aromatic nitrogens is 3. The number of nitrogens with zero attached hydrogens (tertiary/aromatic N) is 3. The smallest absolute Gasteiger partial charge is 0.234 e. The SMILES string of the molecule is COc1ccccc1NC(=O)CSc1nnc(CNc2ccccc2Cl)n1-c1ccccc1. The molecule has 33 heavy (non-hydrogen) atoms. The van der Waals surface area contributed by atoms with Crippen LogP contribution in [0.5, 0.6) is 5.75 Å². The van der Waals surface area contributed by atoms with Crippen LogP contribution in [0, 0.1) is 0 Å². The summed E-state index contributed by atoms with van der Waals surface area (Å²) in [6.07, 6.45) is 0. The Kier molecular flexibility index (Phi) is 7.49. The Hall–Kier alpha value is -3.49. The van der Waals surface area contributed by atoms with Gasteiger partial charge < -0.3 is 15.4 Å². The lowest BCUT2D eigenvalue weighted by molar-refractivity contribution is -0.113. The molecule has 4 aromatic rings. The topological polar surface area (TPSA) is 81.1 Å². The van der Waals surface area contributed by atoms with E-state index in [9.17, 15) is 4.79 Å². The molecule has 2 N–H and O–H groups in total. The molecule has 9 heteroatoms. The van der Waals surface area contributed by atoms with E-state index in [-0.39, 0.29) is 11.7 Å². The maximum atomic E-state index is 12.6. The second-order valence-corrected chi connectivity index (χ2v) is 8.29. The van der Waals surface area contributed by atoms with Crippen molar-refractivity contribution in [2.75, 3.05) is 23.5 Å². The number of methoxy groups -OCH3 is 1. The molecule has 4 rings (SSSR count). The van der Waals surface area contributed by atoms with Crippen molar-refractivity contribution in [2.45, 2.75) is 11.7 Å². The van der Waals surface area contributed by atoms with Gasteiger partial charge in [-0.05, 0) is 36.4 Å². The minimum atomic E-state index is -0.164. The highest BCUT2D eigenvalue weighted by atomic mass is 35.5. The van der Waals surface area contributed by atoms with Crippen LogP contribution in [-0.4, -0.2) is 33.5 Å². The highest BCUT2D eigenvalue weighted by Crippen LogP contribution is 2.26. The van der Waals surface area contributed by atoms with Crippen molar-refractivity contribution in [3.05, 3.63) is 89.7 Å². The van der Waals surface area contributed by atoms with Gasteiger partial charge in [-0.15, -0.1) is 10.2 Å². The third-order valence-corrected chi connectivity index (χ3v) is 6.00. The van der Waals surface area contributed by atoms with Crippen molar-refractivity contribution in [1.82, 2.24) is 14.8 Å². The number of amides is 1. The Morgan fingerprint density at radius 2 is 1.67 bits per heavy atom. The van der Waals surface area contributed by atoms with Crippen LogP contribution in [0.25, 0.3) is 5.69 Å². The van der Waals surface area contributed by atoms with Gasteiger partial charge in [0, 0.05) is 5.69 Å². The Bertz CT molecular complexity index is 1230. The van der Waals surface area contributed by atoms with E-state index >= 15 is 0 Å². The van der Waals surface area contributed by atoms with Crippen LogP contribution in [0.2, 0.25) is 5.02 Å². The molecule has 1 heterocycles. The van der Waals surface area contributed by atoms with Gasteiger partial charge in [0.25, 0.3) is 0 Å². The Balaban J connectivity index is 1.50. The second kappa shape index (κ2) is 10.9. The van der Waals surface area contributed by atoms with Crippen molar-refractivity contribution in [1.29, 1.82) is 0 Å². The van der Waals surface area contributed by atoms with Crippen molar-refractivity contribution >= 4 is 40.6 Å². The summed E-state index contributed by atoms with van der Waals surface area (Å²) in [5.41, 5.74) is 2.35. The average Bonchev–Trinajstić information content (AvgIpc) is 3.26. The highest BCUT2D eigenvalue weighted by molar-refractivity contribution is 7.99. The molecule has 0 saturated carbocycles. The zero-order valence-corrected chi connectivity index (χ0v) is 19.4. The zero-order chi connectivity index (χ0) is 23.0. The van der Waals surface area contributed by atoms with E-state index in [2.05, 4.69) is 20.8 Å². The van der Waals surface area contributed by atoms with Gasteiger partial charge in [0.2, 0.25) is 5.91 Å². The number of ether oxygens (including phenoxy) is 1. The van der Waals surface area contributed by atoms with Crippen LogP contribution in [0.4, 0.5) is 11.4 Å². The maximum Gasteiger partial charge on any atom is 0.234 e. The van der Waals surface area contributed by atoms with E-state index in [1.54, 1.807) is 19.2 Å². The fourth-order valence-electron chi connectivity index (χ4n) is 3.19. The van der Waals surface area contributed by atoms with E-state index in [0.29, 0.717) is 34.0 Å². The molecule has 3 aromatic carbocycles. The Morgan fingerprint density at radius 3 is 2.42 bits per heavy atom. The van der Waals surface area contributed by atoms with E-state index in [1.165, 1.54) is 11.8 Å². The summed E-state index contributed by atoms with van der Waals surface area (Å²) in [6, 6.07) is 24.6. The van der Waals surface area contributed by atoms with Crippen LogP contribution in [0.3, 0.4) is 0 Å². The van der Waals surface area contributed by atoms with Crippen LogP contribution in [-0.2, 0) is 11.3 Å². The molecule has 0 aliphatic carbocycles. The predicted octanol–water partition coefficient (Wildman–Crippen LogP) is 5.27. The summed E-state index contributed by atoms with van der Waals surface area (Å²) >= 11 is 7.57. The monoisotopic (exact) mass is 479 g/mol. The van der Waals surface area contributed by atoms with Gasteiger partial charge in [0.05, 0.1) is 35.8 Å². The molecular weight excluding hydrogens is 458 g/mol. The highest BCUT2D eigenvalue weighted by Gasteiger charge is 2.16. The molecule has 0 atom stereocenters. The minimum absolute atomic E-state index is 0.164. The summed E-state index contributed by atoms with van der Waals surface area (Å²) in [5, 5.41) is 16.1. The molecule has 0 aliphatic heterocycles. The van der Waals surface area contributed by atoms with Crippen LogP contribution < -0.4 is 15.4 Å². The van der Waals surface area contributed by atoms with Gasteiger partial charge in [0.1, 0.15) is 5.75 Å². The molecule has 0 spiro atoms. The number of halogens is 1. The normalized spacial score (nSPS) is 10.6. The summed E-state index contributed by atoms with van der Waals surface area (Å²) < 4.78 is 7.23. The third-order valence-electron chi connectivity index (χ3n) is 4.74. The number of hydrogen-bond acceptors (Lipinski definition) is 6. The molecule has 0 unspecified atom stereocenters. The third kappa shape index (κ3) is 5.66. The molecule has 168 valence electrons. The van der Waals surface area contributed by atoms with Crippen LogP contribution in [0.1, 0.15) is 5.82 Å². The van der Waals surface area contributed by atoms with Crippen molar-refractivity contribution in [3.63, 3.8) is 0 Å². The molecule has 0 fully saturated rings. The summed E-state index contributed by atoms with van der Waals surface area (Å²) in [5.74, 6) is 1.31. The summed E-state index contributed by atoms with van der Waals surface area (Å²) in [7, 11) is 1.57. The average molecular weight is 480 g/mol. The van der Waals surface area contributed by atoms with Gasteiger partial charge in [0.15, 0.2) is 11.0 Å². The van der Waals surface area contributed by atoms with Crippen molar-refractivity contribution in [2.24, 2.45) is 0 Å². The number of nitrogens with one attached hydrogen (secondary N) is 2. The van der Waals surface area contributed by atoms with Gasteiger partial charge in [-0.1, -0.05) is 65.8 Å². The summed E-state index contributed by atoms with van der Waals surface area (Å²) in [4.78, 5) is 12.6. The predicted molar refractivity (Wildman–Crippen MR) is 132 cm³/mol. The standard InChI is InChI=1S/C24H22ClN5O2S/c1-32-21-14-8-7-13-20(21)27-23(31)16-33-24-29-28-22(30(24)17-9-3-2-4-10-17)15-26-19-12-6-5-11-18(19)25/h2-14,26H,15-16H2,1H3,(H,27,31). The van der Waals surface area contributed by atoms with E-state index in [4.69, 9.17) is 16.3 Å². The first-order valence-electron chi connectivity index (χ1n) is 10.2. The lowest BCUT2D eigenvalue weighted by Gasteiger charge is -2.12. The quantitative estimate of drug-likeness (QED) is 0.318. The summed E-state index contributed by atoms with van der Waals surface area (Å²) in [6.45, 7) is 0.416. The lowest BCUT2D eigenvalue weighted by atomic mass is 10.3. The first kappa shape index (κ1) is 22.7. The molecule has 1 amide bonds. The fourth-order valence-corrected chi connectivity index (χ4v) is 4.16. The van der Waals surface area contributed by atoms with Gasteiger partial charge in [-0.2, -0.15) is 0 Å². The van der Waals surface area contributed by atoms with Crippen LogP contribution >= 0.6 is 23.4 Å². The number of thioether (sulfide) groups is 1.